The maximum atomic E-state index is 12.3. The van der Waals surface area contributed by atoms with Crippen LogP contribution in [0.1, 0.15) is 5.56 Å². The number of benzene rings is 1. The van der Waals surface area contributed by atoms with E-state index in [1.807, 2.05) is 24.3 Å². The fourth-order valence-corrected chi connectivity index (χ4v) is 1.67. The topological polar surface area (TPSA) is 41.8 Å². The van der Waals surface area contributed by atoms with Crippen LogP contribution in [0.5, 0.6) is 0 Å². The average molecular weight is 210 g/mol. The van der Waals surface area contributed by atoms with Crippen LogP contribution in [0.4, 0.5) is 8.78 Å². The summed E-state index contributed by atoms with van der Waals surface area (Å²) in [5, 5.41) is 0.966. The minimum absolute atomic E-state index is 0.201. The highest BCUT2D eigenvalue weighted by atomic mass is 19.3. The van der Waals surface area contributed by atoms with Gasteiger partial charge in [-0.25, -0.2) is 8.78 Å². The van der Waals surface area contributed by atoms with Crippen molar-refractivity contribution in [2.24, 2.45) is 5.73 Å². The first-order valence-electron chi connectivity index (χ1n) is 4.77. The van der Waals surface area contributed by atoms with E-state index in [9.17, 15) is 8.78 Å². The molecule has 0 saturated heterocycles. The van der Waals surface area contributed by atoms with Crippen LogP contribution in [-0.2, 0) is 6.42 Å². The number of nitrogens with one attached hydrogen (secondary N) is 1. The molecule has 0 fully saturated rings. The van der Waals surface area contributed by atoms with Crippen LogP contribution in [0.25, 0.3) is 10.9 Å². The highest BCUT2D eigenvalue weighted by Gasteiger charge is 2.16. The lowest BCUT2D eigenvalue weighted by Crippen LogP contribution is -2.30. The highest BCUT2D eigenvalue weighted by Crippen LogP contribution is 2.19. The van der Waals surface area contributed by atoms with Gasteiger partial charge in [-0.3, -0.25) is 0 Å². The predicted octanol–water partition coefficient (Wildman–Crippen LogP) is 2.30. The van der Waals surface area contributed by atoms with Crippen LogP contribution >= 0.6 is 0 Å². The van der Waals surface area contributed by atoms with Crippen molar-refractivity contribution in [1.29, 1.82) is 0 Å². The molecule has 1 heterocycles. The van der Waals surface area contributed by atoms with Crippen LogP contribution < -0.4 is 5.73 Å². The average Bonchev–Trinajstić information content (AvgIpc) is 2.66. The third-order valence-electron chi connectivity index (χ3n) is 2.46. The van der Waals surface area contributed by atoms with E-state index in [4.69, 9.17) is 5.73 Å². The molecule has 0 spiro atoms. The largest absolute Gasteiger partial charge is 0.361 e. The molecule has 2 aromatic rings. The number of nitrogens with two attached hydrogens (primary N) is 1. The molecule has 1 aromatic heterocycles. The summed E-state index contributed by atoms with van der Waals surface area (Å²) in [6.07, 6.45) is -0.478. The van der Waals surface area contributed by atoms with E-state index in [2.05, 4.69) is 4.98 Å². The number of H-pyrrole nitrogens is 1. The van der Waals surface area contributed by atoms with E-state index in [0.29, 0.717) is 0 Å². The van der Waals surface area contributed by atoms with Gasteiger partial charge in [-0.1, -0.05) is 12.1 Å². The van der Waals surface area contributed by atoms with Gasteiger partial charge in [0.1, 0.15) is 0 Å². The fraction of sp³-hybridized carbons (Fsp3) is 0.273. The molecule has 0 aliphatic carbocycles. The lowest BCUT2D eigenvalue weighted by atomic mass is 10.0. The van der Waals surface area contributed by atoms with E-state index >= 15 is 0 Å². The predicted molar refractivity (Wildman–Crippen MR) is 56.0 cm³/mol. The number of aromatic amines is 1. The van der Waals surface area contributed by atoms with Crippen molar-refractivity contribution in [3.8, 4) is 0 Å². The Labute approximate surface area is 86.1 Å². The number of hydrogen-bond donors (Lipinski definition) is 2. The smallest absolute Gasteiger partial charge is 0.253 e. The van der Waals surface area contributed by atoms with Gasteiger partial charge in [0.15, 0.2) is 0 Å². The molecule has 1 aromatic carbocycles. The van der Waals surface area contributed by atoms with Crippen molar-refractivity contribution in [3.05, 3.63) is 36.0 Å². The van der Waals surface area contributed by atoms with Crippen molar-refractivity contribution >= 4 is 10.9 Å². The number of hydrogen-bond acceptors (Lipinski definition) is 1. The Morgan fingerprint density at radius 2 is 2.07 bits per heavy atom. The second-order valence-corrected chi connectivity index (χ2v) is 3.56. The number of alkyl halides is 2. The van der Waals surface area contributed by atoms with Crippen molar-refractivity contribution in [1.82, 2.24) is 4.98 Å². The van der Waals surface area contributed by atoms with Crippen LogP contribution in [0, 0.1) is 0 Å². The summed E-state index contributed by atoms with van der Waals surface area (Å²) in [6.45, 7) is 0. The number of fused-ring (bicyclic) bond motifs is 1. The first-order valence-corrected chi connectivity index (χ1v) is 4.77. The number of aromatic nitrogens is 1. The molecule has 0 saturated carbocycles. The molecule has 2 nitrogen and oxygen atoms in total. The molecule has 15 heavy (non-hydrogen) atoms. The van der Waals surface area contributed by atoms with E-state index in [1.165, 1.54) is 0 Å². The maximum absolute atomic E-state index is 12.3. The second kappa shape index (κ2) is 3.98. The van der Waals surface area contributed by atoms with Gasteiger partial charge in [0.2, 0.25) is 0 Å². The van der Waals surface area contributed by atoms with Crippen LogP contribution in [0.3, 0.4) is 0 Å². The zero-order valence-corrected chi connectivity index (χ0v) is 8.08. The van der Waals surface area contributed by atoms with E-state index in [1.54, 1.807) is 6.20 Å². The number of halogens is 2. The standard InChI is InChI=1S/C11H12F2N2/c12-11(13)9(14)6-7-2-1-3-10-8(7)4-5-15-10/h1-5,9,11,15H,6,14H2. The van der Waals surface area contributed by atoms with Crippen molar-refractivity contribution < 1.29 is 8.78 Å². The minimum Gasteiger partial charge on any atom is -0.361 e. The fourth-order valence-electron chi connectivity index (χ4n) is 1.67. The summed E-state index contributed by atoms with van der Waals surface area (Å²) < 4.78 is 24.6. The SMILES string of the molecule is NC(Cc1cccc2[nH]ccc12)C(F)F. The maximum Gasteiger partial charge on any atom is 0.253 e. The van der Waals surface area contributed by atoms with Crippen LogP contribution in [-0.4, -0.2) is 17.5 Å². The van der Waals surface area contributed by atoms with Crippen molar-refractivity contribution in [2.75, 3.05) is 0 Å². The van der Waals surface area contributed by atoms with Crippen molar-refractivity contribution in [2.45, 2.75) is 18.9 Å². The summed E-state index contributed by atoms with van der Waals surface area (Å²) in [5.74, 6) is 0. The zero-order valence-electron chi connectivity index (χ0n) is 8.08. The number of rotatable bonds is 3. The van der Waals surface area contributed by atoms with Gasteiger partial charge in [-0.15, -0.1) is 0 Å². The monoisotopic (exact) mass is 210 g/mol. The molecule has 1 atom stereocenters. The molecule has 80 valence electrons. The molecule has 1 unspecified atom stereocenters. The summed E-state index contributed by atoms with van der Waals surface area (Å²) in [6, 6.07) is 6.37. The van der Waals surface area contributed by atoms with Crippen molar-refractivity contribution in [3.63, 3.8) is 0 Å². The molecule has 0 aliphatic heterocycles. The first-order chi connectivity index (χ1) is 7.18. The van der Waals surface area contributed by atoms with Crippen LogP contribution in [0.15, 0.2) is 30.5 Å². The Morgan fingerprint density at radius 1 is 1.27 bits per heavy atom. The van der Waals surface area contributed by atoms with E-state index in [-0.39, 0.29) is 6.42 Å². The Hall–Kier alpha value is -1.42. The molecule has 0 amide bonds. The second-order valence-electron chi connectivity index (χ2n) is 3.56. The van der Waals surface area contributed by atoms with Gasteiger partial charge in [0, 0.05) is 17.1 Å². The summed E-state index contributed by atoms with van der Waals surface area (Å²) in [4.78, 5) is 3.03. The Kier molecular flexibility index (Phi) is 2.68. The van der Waals surface area contributed by atoms with E-state index in [0.717, 1.165) is 16.5 Å². The van der Waals surface area contributed by atoms with Gasteiger partial charge < -0.3 is 10.7 Å². The summed E-state index contributed by atoms with van der Waals surface area (Å²) >= 11 is 0. The van der Waals surface area contributed by atoms with Gasteiger partial charge in [-0.05, 0) is 24.1 Å². The molecule has 3 N–H and O–H groups in total. The quantitative estimate of drug-likeness (QED) is 0.801. The molecular formula is C11H12F2N2. The Morgan fingerprint density at radius 3 is 2.80 bits per heavy atom. The highest BCUT2D eigenvalue weighted by molar-refractivity contribution is 5.82. The summed E-state index contributed by atoms with van der Waals surface area (Å²) in [5.41, 5.74) is 7.16. The molecule has 0 bridgehead atoms. The van der Waals surface area contributed by atoms with Gasteiger partial charge in [0.25, 0.3) is 6.43 Å². The lowest BCUT2D eigenvalue weighted by molar-refractivity contribution is 0.116. The molecule has 2 rings (SSSR count). The molecule has 0 aliphatic rings. The molecule has 0 radical (unpaired) electrons. The first kappa shape index (κ1) is 10.1. The van der Waals surface area contributed by atoms with Gasteiger partial charge >= 0.3 is 0 Å². The molecular weight excluding hydrogens is 198 g/mol. The van der Waals surface area contributed by atoms with E-state index < -0.39 is 12.5 Å². The van der Waals surface area contributed by atoms with Gasteiger partial charge in [0.05, 0.1) is 6.04 Å². The van der Waals surface area contributed by atoms with Crippen LogP contribution in [0.2, 0.25) is 0 Å². The third kappa shape index (κ3) is 1.99. The lowest BCUT2D eigenvalue weighted by Gasteiger charge is -2.10. The summed E-state index contributed by atoms with van der Waals surface area (Å²) in [7, 11) is 0. The van der Waals surface area contributed by atoms with Gasteiger partial charge in [-0.2, -0.15) is 0 Å². The zero-order chi connectivity index (χ0) is 10.8. The minimum atomic E-state index is -2.47. The Balaban J connectivity index is 2.31. The Bertz CT molecular complexity index is 451. The molecule has 4 heteroatoms. The normalized spacial score (nSPS) is 13.6. The third-order valence-corrected chi connectivity index (χ3v) is 2.46.